The highest BCUT2D eigenvalue weighted by atomic mass is 35.5. The van der Waals surface area contributed by atoms with Crippen LogP contribution in [0.2, 0.25) is 10.0 Å². The lowest BCUT2D eigenvalue weighted by Crippen LogP contribution is -2.64. The number of phenols is 2. The van der Waals surface area contributed by atoms with Gasteiger partial charge in [-0.15, -0.1) is 0 Å². The molecule has 18 atom stereocenters. The summed E-state index contributed by atoms with van der Waals surface area (Å²) in [6, 6.07) is 14.7. The van der Waals surface area contributed by atoms with Crippen molar-refractivity contribution in [1.29, 1.82) is 0 Å². The van der Waals surface area contributed by atoms with E-state index in [1.807, 2.05) is 26.0 Å². The van der Waals surface area contributed by atoms with Crippen LogP contribution < -0.4 is 57.0 Å². The van der Waals surface area contributed by atoms with Gasteiger partial charge in [0.25, 0.3) is 0 Å². The number of amides is 6. The van der Waals surface area contributed by atoms with E-state index < -0.39 is 216 Å². The SMILES string of the molecule is CCCCCCc1ccc(NC(=O)Oc2cc(O)c3c(c2)[C@@H](C(=O)CC2C4CC5CC(C4)CC2C5)NC(=O)[C@H]2NC(=O)[C@H](CC(=O)[C@@H]4NC(=O)[C@H](CC(N)=O)CC(=O)[C@H](NC(=O)[C@H](CC)CC(C)C)[C@H](O)c5ccc(c(Cl)c5)Oc5cc4cc(c5O[C@@H]4O[C@H](CO)[C@@H](O)[C@H](O)[C@H]4O[C@H]4C[C@](C)(N)[C@H](O)[C@H](C)O4)Oc4ccc(cc4Cl)[C@H]2O)c2ccc(O)c-3c2)cc1. The highest BCUT2D eigenvalue weighted by molar-refractivity contribution is 6.32. The van der Waals surface area contributed by atoms with Crippen molar-refractivity contribution >= 4 is 81.9 Å². The van der Waals surface area contributed by atoms with Crippen molar-refractivity contribution in [3.63, 3.8) is 0 Å². The number of primary amides is 1. The summed E-state index contributed by atoms with van der Waals surface area (Å²) in [7, 11) is 0. The summed E-state index contributed by atoms with van der Waals surface area (Å²) < 4.78 is 45.1. The fraction of sp³-hybridized carbons (Fsp3) is 0.516. The topological polar surface area (TPSA) is 492 Å². The number of Topliss-reactive ketones (excluding diaryl/α,β-unsaturated/α-hetero) is 3. The molecule has 0 unspecified atom stereocenters. The Morgan fingerprint density at radius 3 is 1.94 bits per heavy atom. The summed E-state index contributed by atoms with van der Waals surface area (Å²) in [6.45, 7) is 9.77. The summed E-state index contributed by atoms with van der Waals surface area (Å²) in [5.74, 6) is -15.6. The van der Waals surface area contributed by atoms with Gasteiger partial charge in [0.15, 0.2) is 41.2 Å². The van der Waals surface area contributed by atoms with Crippen molar-refractivity contribution in [3.8, 4) is 57.1 Å². The minimum Gasteiger partial charge on any atom is -0.507 e. The molecule has 7 heterocycles. The van der Waals surface area contributed by atoms with Crippen molar-refractivity contribution in [2.75, 3.05) is 11.9 Å². The van der Waals surface area contributed by atoms with Crippen molar-refractivity contribution in [3.05, 3.63) is 147 Å². The molecule has 6 aromatic rings. The molecule has 4 aliphatic carbocycles. The lowest BCUT2D eigenvalue weighted by Gasteiger charge is -2.54. The second kappa shape index (κ2) is 39.0. The monoisotopic (exact) mass is 1780 g/mol. The normalized spacial score (nSPS) is 30.3. The molecule has 33 heteroatoms. The van der Waals surface area contributed by atoms with E-state index in [-0.39, 0.29) is 103 Å². The Balaban J connectivity index is 0.949. The molecule has 126 heavy (non-hydrogen) atoms. The van der Waals surface area contributed by atoms with Gasteiger partial charge in [0, 0.05) is 66.4 Å². The average Bonchev–Trinajstić information content (AvgIpc) is 0.756. The molecule has 7 aliphatic heterocycles. The standard InChI is InChI=1S/C93H111Cl2N7O24/c1-7-9-10-11-12-44-13-18-55(19-14-44)98-92(119)121-56-36-60-75(64(105)37-56)59-29-48(15-20-63(59)104)58-39-66(107)76-53-33-70(122-68-21-16-49(30-61(68)94)80(110)78(101-87(115)47(8-2)23-42(3)4)65(106)32-54(35-73(96)109)88(116)99-76)84(126-91-85(83(113)82(112)72(41-103)124-91)125-74-40-93(6,97)86(114)43(5)120-74)71(34-53)123-69-22-17-50(31-62(69)95)81(111)79(102-89(58)117)90(118)100-77(60)67(108)38-57-51-25-45-24-46(27-51)28-52(57)26-45/h13-22,29-31,33-34,36-37,42-43,45-47,51-52,54,57-58,72,74,76-83,85-86,91,103-105,110-114H,7-12,23-28,32,35,38-41,97H2,1-6H3,(H2,96,109)(H,98,119)(H,99,116)(H,100,118)(H,101,115)(H,102,117)/t43-,45?,46?,47+,51?,52?,54-,57?,58+,72+,74-,76+,77-,78-,79-,80+,81+,82+,83-,85+,86+,91-,93-/m0/s1. The number of fused-ring (bicyclic) bond motifs is 15. The molecule has 6 fully saturated rings. The van der Waals surface area contributed by atoms with Crippen LogP contribution in [0.5, 0.6) is 46.0 Å². The molecular formula is C93H111Cl2N7O24. The van der Waals surface area contributed by atoms with Gasteiger partial charge in [-0.25, -0.2) is 4.79 Å². The van der Waals surface area contributed by atoms with Crippen molar-refractivity contribution in [2.45, 2.75) is 248 Å². The number of ketones is 3. The Bertz CT molecular complexity index is 5080. The number of carbonyl (C=O) groups excluding carboxylic acids is 9. The first-order valence-corrected chi connectivity index (χ1v) is 44.2. The van der Waals surface area contributed by atoms with E-state index in [1.54, 1.807) is 19.1 Å². The van der Waals surface area contributed by atoms with Crippen LogP contribution in [0, 0.1) is 47.3 Å². The Hall–Kier alpha value is -9.87. The lowest BCUT2D eigenvalue weighted by atomic mass is 9.51. The number of ether oxygens (including phenoxy) is 7. The number of carbonyl (C=O) groups is 9. The number of hydrogen-bond acceptors (Lipinski definition) is 25. The van der Waals surface area contributed by atoms with E-state index in [9.17, 15) is 55.2 Å². The van der Waals surface area contributed by atoms with Crippen molar-refractivity contribution in [1.82, 2.24) is 21.3 Å². The van der Waals surface area contributed by atoms with E-state index >= 15 is 28.8 Å². The zero-order chi connectivity index (χ0) is 90.2. The molecule has 11 aliphatic rings. The minimum absolute atomic E-state index is 0.0196. The highest BCUT2D eigenvalue weighted by Gasteiger charge is 2.53. The minimum atomic E-state index is -2.19. The molecule has 4 saturated carbocycles. The van der Waals surface area contributed by atoms with Gasteiger partial charge < -0.3 is 107 Å². The van der Waals surface area contributed by atoms with Crippen LogP contribution in [-0.4, -0.2) is 167 Å². The number of nitrogens with one attached hydrogen (secondary N) is 5. The summed E-state index contributed by atoms with van der Waals surface area (Å²) in [5.41, 5.74) is 10.9. The maximum atomic E-state index is 16.7. The molecule has 15 bridgehead atoms. The smallest absolute Gasteiger partial charge is 0.417 e. The van der Waals surface area contributed by atoms with Crippen LogP contribution in [0.15, 0.2) is 103 Å². The second-order valence-electron chi connectivity index (χ2n) is 36.0. The molecule has 676 valence electrons. The van der Waals surface area contributed by atoms with Crippen LogP contribution in [0.4, 0.5) is 10.5 Å². The Kier molecular flexibility index (Phi) is 28.6. The fourth-order valence-corrected chi connectivity index (χ4v) is 20.3. The van der Waals surface area contributed by atoms with Crippen LogP contribution in [0.3, 0.4) is 0 Å². The fourth-order valence-electron chi connectivity index (χ4n) is 19.8. The van der Waals surface area contributed by atoms with E-state index in [0.717, 1.165) is 94.0 Å². The number of aliphatic hydroxyl groups excluding tert-OH is 6. The molecule has 2 saturated heterocycles. The van der Waals surface area contributed by atoms with E-state index in [4.69, 9.17) is 67.8 Å². The van der Waals surface area contributed by atoms with Gasteiger partial charge in [-0.05, 0) is 207 Å². The maximum Gasteiger partial charge on any atom is 0.417 e. The molecule has 0 spiro atoms. The maximum absolute atomic E-state index is 16.7. The summed E-state index contributed by atoms with van der Waals surface area (Å²) in [6.07, 6.45) is -11.2. The first-order chi connectivity index (χ1) is 60.0. The number of hydrogen-bond donors (Lipinski definition) is 15. The molecular weight excluding hydrogens is 1670 g/mol. The van der Waals surface area contributed by atoms with Crippen LogP contribution in [0.25, 0.3) is 11.1 Å². The molecule has 6 amide bonds. The Morgan fingerprint density at radius 2 is 1.33 bits per heavy atom. The summed E-state index contributed by atoms with van der Waals surface area (Å²) in [5, 5.41) is 109. The van der Waals surface area contributed by atoms with Gasteiger partial charge in [0.05, 0.1) is 40.7 Å². The largest absolute Gasteiger partial charge is 0.507 e. The van der Waals surface area contributed by atoms with E-state index in [0.29, 0.717) is 30.4 Å². The first kappa shape index (κ1) is 92.3. The number of aliphatic hydroxyl groups is 6. The predicted octanol–water partition coefficient (Wildman–Crippen LogP) is 10.5. The van der Waals surface area contributed by atoms with Gasteiger partial charge in [0.1, 0.15) is 83.4 Å². The van der Waals surface area contributed by atoms with Crippen LogP contribution in [0.1, 0.15) is 208 Å². The Morgan fingerprint density at radius 1 is 0.683 bits per heavy atom. The third-order valence-corrected chi connectivity index (χ3v) is 26.9. The zero-order valence-electron chi connectivity index (χ0n) is 70.8. The number of phenolic OH excluding ortho intramolecular Hbond substituents is 2. The summed E-state index contributed by atoms with van der Waals surface area (Å²) >= 11 is 14.6. The number of benzene rings is 6. The van der Waals surface area contributed by atoms with Crippen LogP contribution >= 0.6 is 23.2 Å². The molecule has 31 nitrogen and oxygen atoms in total. The third kappa shape index (κ3) is 20.3. The zero-order valence-corrected chi connectivity index (χ0v) is 72.4. The molecule has 17 N–H and O–H groups in total. The van der Waals surface area contributed by atoms with Gasteiger partial charge in [-0.2, -0.15) is 0 Å². The predicted molar refractivity (Wildman–Crippen MR) is 458 cm³/mol. The third-order valence-electron chi connectivity index (χ3n) is 26.3. The number of nitrogens with two attached hydrogens (primary N) is 2. The second-order valence-corrected chi connectivity index (χ2v) is 36.8. The molecule has 17 rings (SSSR count). The number of halogens is 2. The Labute approximate surface area is 738 Å². The van der Waals surface area contributed by atoms with Crippen molar-refractivity contribution < 1.29 is 117 Å². The number of rotatable bonds is 22. The highest BCUT2D eigenvalue weighted by Crippen LogP contribution is 2.59. The van der Waals surface area contributed by atoms with Gasteiger partial charge in [-0.1, -0.05) is 100 Å². The quantitative estimate of drug-likeness (QED) is 0.0281. The van der Waals surface area contributed by atoms with Gasteiger partial charge >= 0.3 is 6.09 Å². The lowest BCUT2D eigenvalue weighted by molar-refractivity contribution is -0.333. The first-order valence-electron chi connectivity index (χ1n) is 43.5. The number of unbranched alkanes of at least 4 members (excludes halogenated alkanes) is 3. The average molecular weight is 1780 g/mol. The number of aromatic hydroxyl groups is 2. The number of aryl methyl sites for hydroxylation is 1. The van der Waals surface area contributed by atoms with Gasteiger partial charge in [-0.3, -0.25) is 43.7 Å². The molecule has 0 aromatic heterocycles. The number of anilines is 1. The van der Waals surface area contributed by atoms with E-state index in [2.05, 4.69) is 33.5 Å². The van der Waals surface area contributed by atoms with E-state index in [1.165, 1.54) is 68.4 Å². The summed E-state index contributed by atoms with van der Waals surface area (Å²) in [4.78, 5) is 138. The van der Waals surface area contributed by atoms with Crippen molar-refractivity contribution in [2.24, 2.45) is 58.8 Å². The molecule has 0 radical (unpaired) electrons. The van der Waals surface area contributed by atoms with Gasteiger partial charge in [0.2, 0.25) is 41.6 Å². The molecule has 6 aromatic carbocycles. The van der Waals surface area contributed by atoms with Crippen LogP contribution in [-0.2, 0) is 59.0 Å².